The van der Waals surface area contributed by atoms with Gasteiger partial charge in [-0.1, -0.05) is 420 Å². The number of carbonyl (C=O) groups is 4. The number of esters is 4. The first kappa shape index (κ1) is 105. The summed E-state index contributed by atoms with van der Waals surface area (Å²) in [4.78, 5) is 73.3. The van der Waals surface area contributed by atoms with Gasteiger partial charge in [0.1, 0.15) is 19.3 Å². The Hall–Kier alpha value is -1.94. The number of carbonyl (C=O) groups excluding carboxylic acids is 4. The van der Waals surface area contributed by atoms with Crippen LogP contribution in [0.4, 0.5) is 0 Å². The maximum absolute atomic E-state index is 13.2. The molecule has 3 unspecified atom stereocenters. The van der Waals surface area contributed by atoms with Crippen LogP contribution in [-0.4, -0.2) is 96.7 Å². The Bertz CT molecular complexity index is 2050. The van der Waals surface area contributed by atoms with Gasteiger partial charge in [0.15, 0.2) is 12.2 Å². The molecule has 0 aliphatic carbocycles. The van der Waals surface area contributed by atoms with E-state index in [1.807, 2.05) is 0 Å². The van der Waals surface area contributed by atoms with E-state index in [4.69, 9.17) is 37.0 Å². The second-order valence-electron chi connectivity index (χ2n) is 32.4. The topological polar surface area (TPSA) is 237 Å². The van der Waals surface area contributed by atoms with Crippen LogP contribution >= 0.6 is 15.6 Å². The molecule has 19 heteroatoms. The van der Waals surface area contributed by atoms with Crippen molar-refractivity contribution in [1.82, 2.24) is 0 Å². The van der Waals surface area contributed by atoms with Crippen molar-refractivity contribution < 1.29 is 80.2 Å². The van der Waals surface area contributed by atoms with Gasteiger partial charge in [-0.05, 0) is 37.5 Å². The summed E-state index contributed by atoms with van der Waals surface area (Å²) in [6.07, 6.45) is 72.4. The Morgan fingerprint density at radius 2 is 0.477 bits per heavy atom. The Morgan fingerprint density at radius 3 is 0.710 bits per heavy atom. The van der Waals surface area contributed by atoms with Crippen molar-refractivity contribution in [3.63, 3.8) is 0 Å². The quantitative estimate of drug-likeness (QED) is 0.0222. The average molecular weight is 1560 g/mol. The molecule has 17 nitrogen and oxygen atoms in total. The molecular formula is C88H172O17P2. The zero-order chi connectivity index (χ0) is 78.5. The van der Waals surface area contributed by atoms with Crippen molar-refractivity contribution >= 4 is 39.5 Å². The van der Waals surface area contributed by atoms with Crippen LogP contribution in [0.2, 0.25) is 0 Å². The van der Waals surface area contributed by atoms with Crippen molar-refractivity contribution in [3.8, 4) is 0 Å². The SMILES string of the molecule is CCCCCCCCCCCCCCCCCCCCCCCC(=O)O[C@H](COC(=O)CCCCCCCCCCCCCCCCCCCCCC)COP(=O)(O)OC[C@@H](O)COP(=O)(O)OC[C@@H](COC(=O)CCCCCCCCC(C)CC)OC(=O)CCCCCCCCCCCCCCCC(C)C. The van der Waals surface area contributed by atoms with Crippen LogP contribution in [0, 0.1) is 11.8 Å². The minimum Gasteiger partial charge on any atom is -0.462 e. The number of ether oxygens (including phenoxy) is 4. The summed E-state index contributed by atoms with van der Waals surface area (Å²) >= 11 is 0. The van der Waals surface area contributed by atoms with Gasteiger partial charge in [-0.2, -0.15) is 0 Å². The van der Waals surface area contributed by atoms with Crippen molar-refractivity contribution in [3.05, 3.63) is 0 Å². The molecule has 0 saturated heterocycles. The lowest BCUT2D eigenvalue weighted by atomic mass is 10.00. The maximum atomic E-state index is 13.2. The predicted octanol–water partition coefficient (Wildman–Crippen LogP) is 27.0. The summed E-state index contributed by atoms with van der Waals surface area (Å²) < 4.78 is 68.9. The highest BCUT2D eigenvalue weighted by atomic mass is 31.2. The van der Waals surface area contributed by atoms with Crippen LogP contribution in [0.3, 0.4) is 0 Å². The monoisotopic (exact) mass is 1560 g/mol. The lowest BCUT2D eigenvalue weighted by Gasteiger charge is -2.21. The zero-order valence-electron chi connectivity index (χ0n) is 70.5. The van der Waals surface area contributed by atoms with E-state index in [1.54, 1.807) is 0 Å². The van der Waals surface area contributed by atoms with Gasteiger partial charge < -0.3 is 33.8 Å². The number of phosphoric acid groups is 2. The Labute approximate surface area is 658 Å². The molecular weight excluding hydrogens is 1390 g/mol. The van der Waals surface area contributed by atoms with E-state index in [0.29, 0.717) is 25.7 Å². The molecule has 0 spiro atoms. The standard InChI is InChI=1S/C88H172O17P2/c1-7-10-12-14-16-18-20-22-24-26-28-30-32-34-36-40-44-48-52-60-66-72-87(92)104-83(76-98-85(90)70-64-58-51-47-43-39-35-33-31-29-27-25-23-21-19-17-15-13-11-8-2)78-102-106(94,95)100-74-82(89)75-101-107(96,97)103-79-84(77-99-86(91)71-65-59-55-54-57-63-69-81(6)9-3)105-88(93)73-67-61-53-49-45-41-37-38-42-46-50-56-62-68-80(4)5/h80-84,89H,7-79H2,1-6H3,(H,94,95)(H,96,97)/t81?,82-,83-,84-/m1/s1. The van der Waals surface area contributed by atoms with Crippen LogP contribution in [0.25, 0.3) is 0 Å². The lowest BCUT2D eigenvalue weighted by Crippen LogP contribution is -2.30. The highest BCUT2D eigenvalue weighted by Crippen LogP contribution is 2.45. The van der Waals surface area contributed by atoms with E-state index in [9.17, 15) is 43.2 Å². The van der Waals surface area contributed by atoms with Crippen molar-refractivity contribution in [2.24, 2.45) is 11.8 Å². The molecule has 0 fully saturated rings. The van der Waals surface area contributed by atoms with Gasteiger partial charge >= 0.3 is 39.5 Å². The number of rotatable bonds is 87. The molecule has 0 amide bonds. The average Bonchev–Trinajstić information content (AvgIpc) is 0.910. The van der Waals surface area contributed by atoms with Crippen LogP contribution in [0.15, 0.2) is 0 Å². The van der Waals surface area contributed by atoms with Gasteiger partial charge in [-0.3, -0.25) is 37.3 Å². The highest BCUT2D eigenvalue weighted by Gasteiger charge is 2.31. The van der Waals surface area contributed by atoms with Crippen LogP contribution in [-0.2, 0) is 65.4 Å². The third-order valence-corrected chi connectivity index (χ3v) is 23.0. The molecule has 3 N–H and O–H groups in total. The first-order valence-corrected chi connectivity index (χ1v) is 48.5. The number of unbranched alkanes of at least 4 members (excludes halogenated alkanes) is 56. The van der Waals surface area contributed by atoms with Crippen LogP contribution in [0.1, 0.15) is 472 Å². The summed E-state index contributed by atoms with van der Waals surface area (Å²) in [7, 11) is -9.93. The second kappa shape index (κ2) is 79.3. The van der Waals surface area contributed by atoms with Gasteiger partial charge in [-0.15, -0.1) is 0 Å². The van der Waals surface area contributed by atoms with Crippen molar-refractivity contribution in [1.29, 1.82) is 0 Å². The number of phosphoric ester groups is 2. The predicted molar refractivity (Wildman–Crippen MR) is 442 cm³/mol. The van der Waals surface area contributed by atoms with Gasteiger partial charge in [0, 0.05) is 25.7 Å². The van der Waals surface area contributed by atoms with Crippen LogP contribution < -0.4 is 0 Å². The highest BCUT2D eigenvalue weighted by molar-refractivity contribution is 7.47. The Kier molecular flexibility index (Phi) is 77.9. The van der Waals surface area contributed by atoms with Gasteiger partial charge in [0.2, 0.25) is 0 Å². The lowest BCUT2D eigenvalue weighted by molar-refractivity contribution is -0.161. The molecule has 0 aliphatic rings. The molecule has 0 aromatic carbocycles. The molecule has 0 radical (unpaired) electrons. The third-order valence-electron chi connectivity index (χ3n) is 21.1. The summed E-state index contributed by atoms with van der Waals surface area (Å²) in [5.74, 6) is -0.585. The maximum Gasteiger partial charge on any atom is 0.472 e. The van der Waals surface area contributed by atoms with Crippen molar-refractivity contribution in [2.45, 2.75) is 490 Å². The number of aliphatic hydroxyl groups excluding tert-OH is 1. The molecule has 0 aromatic rings. The molecule has 107 heavy (non-hydrogen) atoms. The number of aliphatic hydroxyl groups is 1. The minimum absolute atomic E-state index is 0.107. The molecule has 0 bridgehead atoms. The first-order chi connectivity index (χ1) is 51.9. The largest absolute Gasteiger partial charge is 0.472 e. The smallest absolute Gasteiger partial charge is 0.462 e. The second-order valence-corrected chi connectivity index (χ2v) is 35.3. The van der Waals surface area contributed by atoms with E-state index >= 15 is 0 Å². The van der Waals surface area contributed by atoms with Crippen molar-refractivity contribution in [2.75, 3.05) is 39.6 Å². The summed E-state index contributed by atoms with van der Waals surface area (Å²) in [5, 5.41) is 10.7. The summed E-state index contributed by atoms with van der Waals surface area (Å²) in [6, 6.07) is 0. The molecule has 0 saturated carbocycles. The molecule has 0 aromatic heterocycles. The Morgan fingerprint density at radius 1 is 0.271 bits per heavy atom. The third kappa shape index (κ3) is 80.5. The van der Waals surface area contributed by atoms with E-state index < -0.39 is 97.5 Å². The number of hydrogen-bond acceptors (Lipinski definition) is 15. The fourth-order valence-electron chi connectivity index (χ4n) is 13.7. The normalized spacial score (nSPS) is 14.0. The summed E-state index contributed by atoms with van der Waals surface area (Å²) in [5.41, 5.74) is 0. The zero-order valence-corrected chi connectivity index (χ0v) is 72.2. The van der Waals surface area contributed by atoms with E-state index in [2.05, 4.69) is 41.5 Å². The van der Waals surface area contributed by atoms with Crippen LogP contribution in [0.5, 0.6) is 0 Å². The van der Waals surface area contributed by atoms with Gasteiger partial charge in [-0.25, -0.2) is 9.13 Å². The Balaban J connectivity index is 5.22. The van der Waals surface area contributed by atoms with Gasteiger partial charge in [0.25, 0.3) is 0 Å². The molecule has 0 rings (SSSR count). The first-order valence-electron chi connectivity index (χ1n) is 45.5. The van der Waals surface area contributed by atoms with Gasteiger partial charge in [0.05, 0.1) is 26.4 Å². The van der Waals surface area contributed by atoms with E-state index in [0.717, 1.165) is 108 Å². The molecule has 636 valence electrons. The molecule has 6 atom stereocenters. The van der Waals surface area contributed by atoms with E-state index in [-0.39, 0.29) is 25.7 Å². The minimum atomic E-state index is -4.97. The summed E-state index contributed by atoms with van der Waals surface area (Å²) in [6.45, 7) is 9.65. The molecule has 0 aliphatic heterocycles. The molecule has 0 heterocycles. The van der Waals surface area contributed by atoms with E-state index in [1.165, 1.54) is 283 Å². The fourth-order valence-corrected chi connectivity index (χ4v) is 15.3. The fraction of sp³-hybridized carbons (Fsp3) is 0.955. The number of hydrogen-bond donors (Lipinski definition) is 3.